The second-order valence-electron chi connectivity index (χ2n) is 13.3. The molecule has 1 aromatic heterocycles. The Morgan fingerprint density at radius 2 is 0.808 bits per heavy atom. The summed E-state index contributed by atoms with van der Waals surface area (Å²) in [6.45, 7) is 0. The van der Waals surface area contributed by atoms with Gasteiger partial charge in [-0.05, 0) is 96.4 Å². The lowest BCUT2D eigenvalue weighted by Crippen LogP contribution is -1.96. The van der Waals surface area contributed by atoms with Crippen molar-refractivity contribution >= 4 is 21.5 Å². The van der Waals surface area contributed by atoms with Crippen molar-refractivity contribution in [3.63, 3.8) is 0 Å². The minimum atomic E-state index is 0.657. The average Bonchev–Trinajstić information content (AvgIpc) is 3.55. The summed E-state index contributed by atoms with van der Waals surface area (Å²) >= 11 is 0. The molecule has 0 N–H and O–H groups in total. The van der Waals surface area contributed by atoms with Gasteiger partial charge >= 0.3 is 0 Å². The van der Waals surface area contributed by atoms with Gasteiger partial charge in [-0.3, -0.25) is 0 Å². The lowest BCUT2D eigenvalue weighted by Gasteiger charge is -2.16. The maximum Gasteiger partial charge on any atom is 0.160 e. The molecule has 0 saturated heterocycles. The van der Waals surface area contributed by atoms with Crippen LogP contribution in [0.15, 0.2) is 176 Å². The molecular weight excluding hydrogens is 631 g/mol. The monoisotopic (exact) mass is 659 g/mol. The summed E-state index contributed by atoms with van der Waals surface area (Å²) in [5.41, 5.74) is 15.2. The van der Waals surface area contributed by atoms with Gasteiger partial charge in [0.2, 0.25) is 0 Å². The highest BCUT2D eigenvalue weighted by Gasteiger charge is 2.25. The van der Waals surface area contributed by atoms with Crippen molar-refractivity contribution < 1.29 is 0 Å². The minimum absolute atomic E-state index is 0.657. The Morgan fingerprint density at radius 1 is 0.346 bits per heavy atom. The van der Waals surface area contributed by atoms with Crippen LogP contribution in [-0.4, -0.2) is 9.97 Å². The Morgan fingerprint density at radius 3 is 1.38 bits per heavy atom. The first-order valence-electron chi connectivity index (χ1n) is 17.5. The zero-order valence-corrected chi connectivity index (χ0v) is 28.1. The van der Waals surface area contributed by atoms with Gasteiger partial charge in [0.15, 0.2) is 5.82 Å². The van der Waals surface area contributed by atoms with Gasteiger partial charge in [-0.15, -0.1) is 0 Å². The third kappa shape index (κ3) is 4.89. The van der Waals surface area contributed by atoms with Gasteiger partial charge in [0, 0.05) is 16.7 Å². The molecule has 0 fully saturated rings. The molecule has 240 valence electrons. The number of hydrogen-bond acceptors (Lipinski definition) is 3. The van der Waals surface area contributed by atoms with Crippen LogP contribution in [0.1, 0.15) is 5.56 Å². The molecule has 1 aliphatic carbocycles. The Hall–Kier alpha value is -7.15. The lowest BCUT2D eigenvalue weighted by atomic mass is 9.88. The van der Waals surface area contributed by atoms with Gasteiger partial charge in [-0.25, -0.2) is 9.97 Å². The van der Waals surface area contributed by atoms with E-state index in [0.717, 1.165) is 55.5 Å². The van der Waals surface area contributed by atoms with Crippen molar-refractivity contribution in [2.24, 2.45) is 0 Å². The molecule has 3 heteroatoms. The summed E-state index contributed by atoms with van der Waals surface area (Å²) in [4.78, 5) is 10.1. The summed E-state index contributed by atoms with van der Waals surface area (Å²) < 4.78 is 0. The molecule has 8 aromatic carbocycles. The van der Waals surface area contributed by atoms with E-state index in [-0.39, 0.29) is 0 Å². The van der Waals surface area contributed by atoms with Gasteiger partial charge in [-0.1, -0.05) is 146 Å². The Kier molecular flexibility index (Phi) is 6.87. The lowest BCUT2D eigenvalue weighted by molar-refractivity contribution is 1.18. The Labute approximate surface area is 301 Å². The van der Waals surface area contributed by atoms with Crippen molar-refractivity contribution in [1.82, 2.24) is 9.97 Å². The van der Waals surface area contributed by atoms with Gasteiger partial charge in [-0.2, -0.15) is 5.26 Å². The van der Waals surface area contributed by atoms with Gasteiger partial charge < -0.3 is 0 Å². The molecular formula is C49H29N3. The second kappa shape index (κ2) is 12.0. The molecule has 1 heterocycles. The van der Waals surface area contributed by atoms with E-state index in [1.807, 2.05) is 48.5 Å². The van der Waals surface area contributed by atoms with E-state index < -0.39 is 0 Å². The molecule has 0 radical (unpaired) electrons. The molecule has 9 aromatic rings. The highest BCUT2D eigenvalue weighted by Crippen LogP contribution is 2.52. The van der Waals surface area contributed by atoms with E-state index in [4.69, 9.17) is 9.97 Å². The van der Waals surface area contributed by atoms with Crippen LogP contribution >= 0.6 is 0 Å². The second-order valence-corrected chi connectivity index (χ2v) is 13.3. The number of fused-ring (bicyclic) bond motifs is 4. The number of nitrogens with zero attached hydrogens (tertiary/aromatic N) is 3. The first-order valence-corrected chi connectivity index (χ1v) is 17.5. The summed E-state index contributed by atoms with van der Waals surface area (Å²) in [5, 5.41) is 14.3. The maximum atomic E-state index is 9.48. The predicted octanol–water partition coefficient (Wildman–Crippen LogP) is 12.6. The number of nitriles is 1. The molecule has 0 bridgehead atoms. The fourth-order valence-electron chi connectivity index (χ4n) is 7.74. The molecule has 52 heavy (non-hydrogen) atoms. The SMILES string of the molecule is N#Cc1ccc(-c2ccc3c4c(ccc(-c5ccc6cc(-c7nc(-c8ccccc8)cc(-c8ccccc8)n7)ccc6c5)c24)-c2ccccc2-3)cc1. The van der Waals surface area contributed by atoms with Crippen molar-refractivity contribution in [3.8, 4) is 84.5 Å². The van der Waals surface area contributed by atoms with Crippen molar-refractivity contribution in [2.45, 2.75) is 0 Å². The Bertz CT molecular complexity index is 2800. The average molecular weight is 660 g/mol. The minimum Gasteiger partial charge on any atom is -0.228 e. The largest absolute Gasteiger partial charge is 0.228 e. The van der Waals surface area contributed by atoms with Gasteiger partial charge in [0.1, 0.15) is 0 Å². The summed E-state index contributed by atoms with van der Waals surface area (Å²) in [7, 11) is 0. The molecule has 1 aliphatic rings. The van der Waals surface area contributed by atoms with Crippen LogP contribution < -0.4 is 0 Å². The van der Waals surface area contributed by atoms with Crippen LogP contribution in [-0.2, 0) is 0 Å². The van der Waals surface area contributed by atoms with Crippen molar-refractivity contribution in [2.75, 3.05) is 0 Å². The fourth-order valence-corrected chi connectivity index (χ4v) is 7.74. The van der Waals surface area contributed by atoms with Crippen LogP contribution in [0, 0.1) is 11.3 Å². The molecule has 0 aliphatic heterocycles. The van der Waals surface area contributed by atoms with E-state index in [0.29, 0.717) is 11.4 Å². The van der Waals surface area contributed by atoms with E-state index in [1.165, 1.54) is 38.6 Å². The normalized spacial score (nSPS) is 11.4. The van der Waals surface area contributed by atoms with E-state index in [9.17, 15) is 5.26 Å². The highest BCUT2D eigenvalue weighted by atomic mass is 14.9. The zero-order valence-electron chi connectivity index (χ0n) is 28.1. The Balaban J connectivity index is 1.12. The molecule has 10 rings (SSSR count). The third-order valence-electron chi connectivity index (χ3n) is 10.3. The molecule has 0 saturated carbocycles. The highest BCUT2D eigenvalue weighted by molar-refractivity contribution is 6.22. The van der Waals surface area contributed by atoms with E-state index in [2.05, 4.69) is 133 Å². The summed E-state index contributed by atoms with van der Waals surface area (Å²) in [5.74, 6) is 0.699. The third-order valence-corrected chi connectivity index (χ3v) is 10.3. The van der Waals surface area contributed by atoms with Crippen molar-refractivity contribution in [3.05, 3.63) is 181 Å². The molecule has 0 unspecified atom stereocenters. The van der Waals surface area contributed by atoms with Crippen LogP contribution in [0.5, 0.6) is 0 Å². The quantitative estimate of drug-likeness (QED) is 0.185. The number of aromatic nitrogens is 2. The number of benzene rings is 8. The fraction of sp³-hybridized carbons (Fsp3) is 0. The van der Waals surface area contributed by atoms with Crippen molar-refractivity contribution in [1.29, 1.82) is 5.26 Å². The smallest absolute Gasteiger partial charge is 0.160 e. The molecule has 3 nitrogen and oxygen atoms in total. The molecule has 0 atom stereocenters. The maximum absolute atomic E-state index is 9.48. The first-order chi connectivity index (χ1) is 25.7. The number of hydrogen-bond donors (Lipinski definition) is 0. The molecule has 0 amide bonds. The van der Waals surface area contributed by atoms with Crippen LogP contribution in [0.3, 0.4) is 0 Å². The predicted molar refractivity (Wildman–Crippen MR) is 213 cm³/mol. The van der Waals surface area contributed by atoms with E-state index in [1.54, 1.807) is 0 Å². The summed E-state index contributed by atoms with van der Waals surface area (Å²) in [6.07, 6.45) is 0. The zero-order chi connectivity index (χ0) is 34.6. The first kappa shape index (κ1) is 29.7. The van der Waals surface area contributed by atoms with Gasteiger partial charge in [0.05, 0.1) is 23.0 Å². The number of rotatable bonds is 5. The van der Waals surface area contributed by atoms with Crippen LogP contribution in [0.2, 0.25) is 0 Å². The topological polar surface area (TPSA) is 49.6 Å². The van der Waals surface area contributed by atoms with Gasteiger partial charge in [0.25, 0.3) is 0 Å². The van der Waals surface area contributed by atoms with Crippen LogP contribution in [0.4, 0.5) is 0 Å². The van der Waals surface area contributed by atoms with E-state index >= 15 is 0 Å². The summed E-state index contributed by atoms with van der Waals surface area (Å²) in [6, 6.07) is 63.9. The molecule has 0 spiro atoms. The van der Waals surface area contributed by atoms with Crippen LogP contribution in [0.25, 0.3) is 100.0 Å². The standard InChI is InChI=1S/C49H29N3/c50-30-31-15-17-32(18-16-31)39-23-25-43-41-13-7-8-14-42(41)44-26-24-40(47(39)48(43)44)37-21-19-36-28-38(22-20-35(36)27-37)49-51-45(33-9-3-1-4-10-33)29-46(52-49)34-11-5-2-6-12-34/h1-29H.